The highest BCUT2D eigenvalue weighted by Crippen LogP contribution is 2.39. The molecule has 1 unspecified atom stereocenters. The lowest BCUT2D eigenvalue weighted by Gasteiger charge is -2.12. The predicted molar refractivity (Wildman–Crippen MR) is 71.8 cm³/mol. The lowest BCUT2D eigenvalue weighted by Crippen LogP contribution is -2.07. The van der Waals surface area contributed by atoms with E-state index in [1.165, 1.54) is 6.92 Å². The van der Waals surface area contributed by atoms with Crippen molar-refractivity contribution in [3.05, 3.63) is 35.5 Å². The molecule has 1 aliphatic heterocycles. The Hall–Kier alpha value is -1.81. The van der Waals surface area contributed by atoms with E-state index in [1.54, 1.807) is 0 Å². The fraction of sp³-hybridized carbons (Fsp3) is 0.400. The Morgan fingerprint density at radius 3 is 3.16 bits per heavy atom. The highest BCUT2D eigenvalue weighted by Gasteiger charge is 2.31. The zero-order valence-corrected chi connectivity index (χ0v) is 10.7. The van der Waals surface area contributed by atoms with E-state index in [0.29, 0.717) is 6.42 Å². The van der Waals surface area contributed by atoms with E-state index in [1.807, 2.05) is 24.3 Å². The number of methoxy groups -OCH3 is 1. The van der Waals surface area contributed by atoms with Gasteiger partial charge in [0.15, 0.2) is 0 Å². The van der Waals surface area contributed by atoms with Gasteiger partial charge >= 0.3 is 5.97 Å². The minimum Gasteiger partial charge on any atom is -0.456 e. The van der Waals surface area contributed by atoms with Gasteiger partial charge in [-0.2, -0.15) is 0 Å². The second-order valence-electron chi connectivity index (χ2n) is 4.71. The Balaban J connectivity index is 2.06. The number of esters is 1. The van der Waals surface area contributed by atoms with Crippen molar-refractivity contribution in [3.8, 4) is 0 Å². The molecule has 0 saturated carbocycles. The molecule has 0 N–H and O–H groups in total. The summed E-state index contributed by atoms with van der Waals surface area (Å²) in [6, 6.07) is 7.75. The molecule has 0 saturated heterocycles. The van der Waals surface area contributed by atoms with E-state index < -0.39 is 7.04 Å². The minimum absolute atomic E-state index is 0.0306. The number of aromatic nitrogens is 1. The molecule has 1 aliphatic rings. The third kappa shape index (κ3) is 1.92. The van der Waals surface area contributed by atoms with Crippen LogP contribution in [0.25, 0.3) is 10.9 Å². The van der Waals surface area contributed by atoms with Crippen LogP contribution in [-0.2, 0) is 27.4 Å². The molecule has 0 amide bonds. The van der Waals surface area contributed by atoms with E-state index >= 15 is 0 Å². The number of ether oxygens (including phenoxy) is 2. The molecule has 1 atom stereocenters. The van der Waals surface area contributed by atoms with Crippen molar-refractivity contribution in [2.24, 2.45) is 0 Å². The average Bonchev–Trinajstić information content (AvgIpc) is 2.94. The zero-order chi connectivity index (χ0) is 15.9. The van der Waals surface area contributed by atoms with Crippen LogP contribution in [0.4, 0.5) is 0 Å². The molecule has 100 valence electrons. The first-order chi connectivity index (χ1) is 10.4. The maximum Gasteiger partial charge on any atom is 0.303 e. The smallest absolute Gasteiger partial charge is 0.303 e. The topological polar surface area (TPSA) is 40.5 Å². The number of hydrogen-bond acceptors (Lipinski definition) is 3. The van der Waals surface area contributed by atoms with Crippen LogP contribution < -0.4 is 0 Å². The Kier molecular flexibility index (Phi) is 2.26. The van der Waals surface area contributed by atoms with Crippen molar-refractivity contribution in [2.75, 3.05) is 7.04 Å². The van der Waals surface area contributed by atoms with Gasteiger partial charge in [-0.05, 0) is 6.07 Å². The van der Waals surface area contributed by atoms with E-state index in [2.05, 4.69) is 4.57 Å². The number of aryl methyl sites for hydroxylation is 1. The number of nitrogens with zero attached hydrogens (tertiary/aromatic N) is 1. The normalized spacial score (nSPS) is 20.7. The summed E-state index contributed by atoms with van der Waals surface area (Å²) >= 11 is 0. The highest BCUT2D eigenvalue weighted by molar-refractivity contribution is 5.86. The predicted octanol–water partition coefficient (Wildman–Crippen LogP) is 2.80. The first kappa shape index (κ1) is 9.15. The number of carbonyl (C=O) groups is 1. The number of benzene rings is 1. The summed E-state index contributed by atoms with van der Waals surface area (Å²) in [4.78, 5) is 11.3. The summed E-state index contributed by atoms with van der Waals surface area (Å²) < 4.78 is 34.1. The molecule has 0 radical (unpaired) electrons. The van der Waals surface area contributed by atoms with Gasteiger partial charge in [0.25, 0.3) is 0 Å². The molecule has 0 bridgehead atoms. The fourth-order valence-corrected chi connectivity index (χ4v) is 2.93. The van der Waals surface area contributed by atoms with Crippen molar-refractivity contribution < 1.29 is 18.4 Å². The molecule has 19 heavy (non-hydrogen) atoms. The number of rotatable bonds is 3. The van der Waals surface area contributed by atoms with Gasteiger partial charge in [0, 0.05) is 43.4 Å². The van der Waals surface area contributed by atoms with E-state index in [0.717, 1.165) is 28.7 Å². The van der Waals surface area contributed by atoms with Crippen molar-refractivity contribution in [3.63, 3.8) is 0 Å². The van der Waals surface area contributed by atoms with Gasteiger partial charge in [0.05, 0.1) is 16.4 Å². The number of fused-ring (bicyclic) bond motifs is 3. The van der Waals surface area contributed by atoms with Crippen molar-refractivity contribution in [1.29, 1.82) is 0 Å². The Morgan fingerprint density at radius 1 is 1.53 bits per heavy atom. The molecule has 3 rings (SSSR count). The third-order valence-corrected chi connectivity index (χ3v) is 3.56. The Bertz CT molecular complexity index is 721. The van der Waals surface area contributed by atoms with Crippen LogP contribution in [-0.4, -0.2) is 17.6 Å². The maximum absolute atomic E-state index is 11.3. The van der Waals surface area contributed by atoms with Crippen molar-refractivity contribution in [2.45, 2.75) is 32.6 Å². The van der Waals surface area contributed by atoms with Gasteiger partial charge in [0.2, 0.25) is 0 Å². The molecule has 0 fully saturated rings. The molecular weight excluding hydrogens is 242 g/mol. The molecule has 0 aliphatic carbocycles. The van der Waals surface area contributed by atoms with Crippen LogP contribution in [0.3, 0.4) is 0 Å². The molecule has 2 aromatic rings. The first-order valence-corrected chi connectivity index (χ1v) is 6.28. The SMILES string of the molecule is [2H]C([2H])([2H])OCc1c2n(c3ccccc13)CCC2OC(C)=O. The molecule has 0 spiro atoms. The van der Waals surface area contributed by atoms with Crippen LogP contribution in [0.1, 0.15) is 34.8 Å². The summed E-state index contributed by atoms with van der Waals surface area (Å²) in [5.74, 6) is -0.341. The first-order valence-electron chi connectivity index (χ1n) is 7.78. The summed E-state index contributed by atoms with van der Waals surface area (Å²) in [7, 11) is -2.45. The minimum atomic E-state index is -2.45. The van der Waals surface area contributed by atoms with Crippen LogP contribution in [0.5, 0.6) is 0 Å². The quantitative estimate of drug-likeness (QED) is 0.799. The third-order valence-electron chi connectivity index (χ3n) is 3.56. The molecule has 4 heteroatoms. The molecule has 2 heterocycles. The Labute approximate surface area is 116 Å². The van der Waals surface area contributed by atoms with E-state index in [9.17, 15) is 4.79 Å². The summed E-state index contributed by atoms with van der Waals surface area (Å²) in [6.45, 7) is 2.09. The second-order valence-corrected chi connectivity index (χ2v) is 4.71. The number of carbonyl (C=O) groups excluding carboxylic acids is 1. The zero-order valence-electron chi connectivity index (χ0n) is 13.7. The largest absolute Gasteiger partial charge is 0.456 e. The Morgan fingerprint density at radius 2 is 2.37 bits per heavy atom. The molecular formula is C15H17NO3. The molecule has 4 nitrogen and oxygen atoms in total. The van der Waals surface area contributed by atoms with Gasteiger partial charge in [-0.25, -0.2) is 0 Å². The van der Waals surface area contributed by atoms with Crippen LogP contribution >= 0.6 is 0 Å². The lowest BCUT2D eigenvalue weighted by atomic mass is 10.1. The van der Waals surface area contributed by atoms with Crippen LogP contribution in [0, 0.1) is 0 Å². The van der Waals surface area contributed by atoms with Gasteiger partial charge < -0.3 is 14.0 Å². The van der Waals surface area contributed by atoms with Crippen LogP contribution in [0.2, 0.25) is 0 Å². The average molecular weight is 262 g/mol. The van der Waals surface area contributed by atoms with Crippen molar-refractivity contribution >= 4 is 16.9 Å². The lowest BCUT2D eigenvalue weighted by molar-refractivity contribution is -0.146. The standard InChI is InChI=1S/C15H17NO3/c1-10(17)19-14-7-8-16-13-6-4-3-5-11(13)12(9-18-2)15(14)16/h3-6,14H,7-9H2,1-2H3/i2D3. The van der Waals surface area contributed by atoms with E-state index in [-0.39, 0.29) is 18.7 Å². The van der Waals surface area contributed by atoms with Gasteiger partial charge in [-0.1, -0.05) is 18.2 Å². The van der Waals surface area contributed by atoms with Gasteiger partial charge in [0.1, 0.15) is 6.10 Å². The summed E-state index contributed by atoms with van der Waals surface area (Å²) in [6.07, 6.45) is 0.348. The van der Waals surface area contributed by atoms with Crippen molar-refractivity contribution in [1.82, 2.24) is 4.57 Å². The monoisotopic (exact) mass is 262 g/mol. The summed E-state index contributed by atoms with van der Waals surface area (Å²) in [5, 5.41) is 0.943. The number of para-hydroxylation sites is 1. The van der Waals surface area contributed by atoms with Gasteiger partial charge in [-0.3, -0.25) is 4.79 Å². The maximum atomic E-state index is 11.3. The molecule has 1 aromatic heterocycles. The molecule has 1 aromatic carbocycles. The summed E-state index contributed by atoms with van der Waals surface area (Å²) in [5.41, 5.74) is 2.65. The number of hydrogen-bond donors (Lipinski definition) is 0. The van der Waals surface area contributed by atoms with Gasteiger partial charge in [-0.15, -0.1) is 0 Å². The van der Waals surface area contributed by atoms with E-state index in [4.69, 9.17) is 13.6 Å². The fourth-order valence-electron chi connectivity index (χ4n) is 2.93. The second kappa shape index (κ2) is 4.70. The van der Waals surface area contributed by atoms with Crippen LogP contribution in [0.15, 0.2) is 24.3 Å². The highest BCUT2D eigenvalue weighted by atomic mass is 16.5.